The number of carbonyl (C=O) groups is 2. The molecule has 4 rings (SSSR count). The van der Waals surface area contributed by atoms with Crippen molar-refractivity contribution in [2.75, 3.05) is 5.73 Å². The number of fused-ring (bicyclic) bond motifs is 1. The predicted octanol–water partition coefficient (Wildman–Crippen LogP) is 3.63. The summed E-state index contributed by atoms with van der Waals surface area (Å²) in [5, 5.41) is 3.93. The van der Waals surface area contributed by atoms with Crippen LogP contribution in [0.25, 0.3) is 10.9 Å². The van der Waals surface area contributed by atoms with Crippen molar-refractivity contribution < 1.29 is 14.0 Å². The molecule has 0 atom stereocenters. The number of hydrogen-bond acceptors (Lipinski definition) is 7. The lowest BCUT2D eigenvalue weighted by atomic mass is 10.1. The summed E-state index contributed by atoms with van der Waals surface area (Å²) < 4.78 is 5.42. The summed E-state index contributed by atoms with van der Waals surface area (Å²) in [7, 11) is 0. The Morgan fingerprint density at radius 1 is 1.13 bits per heavy atom. The second kappa shape index (κ2) is 8.16. The van der Waals surface area contributed by atoms with Crippen molar-refractivity contribution in [3.05, 3.63) is 81.8 Å². The summed E-state index contributed by atoms with van der Waals surface area (Å²) in [6.45, 7) is 3.96. The molecule has 0 fully saturated rings. The van der Waals surface area contributed by atoms with Crippen LogP contribution in [-0.4, -0.2) is 26.6 Å². The van der Waals surface area contributed by atoms with Gasteiger partial charge in [0.05, 0.1) is 16.7 Å². The lowest BCUT2D eigenvalue weighted by molar-refractivity contribution is 0.0916. The molecular weight excluding hydrogens is 418 g/mol. The molecule has 0 aliphatic rings. The maximum absolute atomic E-state index is 12.7. The van der Waals surface area contributed by atoms with Crippen molar-refractivity contribution >= 4 is 40.0 Å². The van der Waals surface area contributed by atoms with Crippen LogP contribution in [0.15, 0.2) is 47.1 Å². The van der Waals surface area contributed by atoms with E-state index in [4.69, 9.17) is 21.8 Å². The van der Waals surface area contributed by atoms with Gasteiger partial charge in [-0.05, 0) is 55.3 Å². The van der Waals surface area contributed by atoms with Crippen LogP contribution in [0.5, 0.6) is 0 Å². The smallest absolute Gasteiger partial charge is 0.289 e. The molecule has 0 aliphatic heterocycles. The largest absolute Gasteiger partial charge is 0.428 e. The average molecular weight is 436 g/mol. The van der Waals surface area contributed by atoms with Crippen molar-refractivity contribution in [2.24, 2.45) is 0 Å². The number of nitrogen functional groups attached to an aromatic ring is 1. The number of amides is 1. The van der Waals surface area contributed by atoms with Gasteiger partial charge in [-0.25, -0.2) is 9.97 Å². The highest BCUT2D eigenvalue weighted by molar-refractivity contribution is 6.31. The third-order valence-corrected chi connectivity index (χ3v) is 5.04. The number of pyridine rings is 2. The van der Waals surface area contributed by atoms with Crippen LogP contribution in [-0.2, 0) is 6.54 Å². The molecule has 0 aliphatic carbocycles. The number of anilines is 1. The van der Waals surface area contributed by atoms with Crippen LogP contribution in [0.2, 0.25) is 5.02 Å². The van der Waals surface area contributed by atoms with Gasteiger partial charge in [0, 0.05) is 29.4 Å². The molecule has 0 saturated carbocycles. The van der Waals surface area contributed by atoms with Crippen LogP contribution < -0.4 is 11.1 Å². The number of benzene rings is 1. The van der Waals surface area contributed by atoms with Gasteiger partial charge in [0.1, 0.15) is 5.82 Å². The monoisotopic (exact) mass is 435 g/mol. The number of carbonyl (C=O) groups excluding carboxylic acids is 2. The molecule has 0 bridgehead atoms. The Balaban J connectivity index is 1.50. The van der Waals surface area contributed by atoms with Crippen molar-refractivity contribution in [1.29, 1.82) is 0 Å². The molecule has 1 amide bonds. The fraction of sp³-hybridized carbons (Fsp3) is 0.136. The van der Waals surface area contributed by atoms with Gasteiger partial charge in [-0.2, -0.15) is 0 Å². The second-order valence-corrected chi connectivity index (χ2v) is 7.47. The average Bonchev–Trinajstić information content (AvgIpc) is 3.22. The van der Waals surface area contributed by atoms with Gasteiger partial charge < -0.3 is 15.5 Å². The molecule has 1 aromatic carbocycles. The minimum atomic E-state index is -0.489. The Hall–Kier alpha value is -3.78. The quantitative estimate of drug-likeness (QED) is 0.458. The number of nitrogens with zero attached hydrogens (tertiary/aromatic N) is 3. The van der Waals surface area contributed by atoms with Crippen molar-refractivity contribution in [1.82, 2.24) is 20.3 Å². The molecule has 0 spiro atoms. The molecule has 3 heterocycles. The summed E-state index contributed by atoms with van der Waals surface area (Å²) in [5.41, 5.74) is 9.30. The molecule has 3 aromatic heterocycles. The molecule has 156 valence electrons. The van der Waals surface area contributed by atoms with Gasteiger partial charge in [0.25, 0.3) is 11.8 Å². The van der Waals surface area contributed by atoms with Crippen LogP contribution in [0.4, 0.5) is 5.82 Å². The highest BCUT2D eigenvalue weighted by Gasteiger charge is 2.20. The van der Waals surface area contributed by atoms with E-state index in [-0.39, 0.29) is 18.2 Å². The zero-order chi connectivity index (χ0) is 22.1. The van der Waals surface area contributed by atoms with Crippen LogP contribution in [0, 0.1) is 13.8 Å². The Labute approximate surface area is 182 Å². The predicted molar refractivity (Wildman–Crippen MR) is 116 cm³/mol. The number of ketones is 1. The first-order valence-electron chi connectivity index (χ1n) is 9.38. The first-order valence-corrected chi connectivity index (χ1v) is 9.76. The highest BCUT2D eigenvalue weighted by Crippen LogP contribution is 2.20. The molecule has 8 nitrogen and oxygen atoms in total. The lowest BCUT2D eigenvalue weighted by Gasteiger charge is -2.10. The summed E-state index contributed by atoms with van der Waals surface area (Å²) in [6, 6.07) is 8.44. The Kier molecular flexibility index (Phi) is 5.39. The number of halogens is 1. The van der Waals surface area contributed by atoms with E-state index in [1.807, 2.05) is 13.8 Å². The maximum atomic E-state index is 12.7. The summed E-state index contributed by atoms with van der Waals surface area (Å²) in [6.07, 6.45) is 2.76. The van der Waals surface area contributed by atoms with Crippen molar-refractivity contribution in [3.8, 4) is 0 Å². The van der Waals surface area contributed by atoms with Gasteiger partial charge in [-0.3, -0.25) is 14.6 Å². The molecular formula is C22H18ClN5O3. The third-order valence-electron chi connectivity index (χ3n) is 4.83. The number of rotatable bonds is 5. The normalized spacial score (nSPS) is 10.9. The number of oxazole rings is 1. The Morgan fingerprint density at radius 2 is 1.94 bits per heavy atom. The van der Waals surface area contributed by atoms with E-state index in [1.54, 1.807) is 30.3 Å². The number of aromatic nitrogens is 3. The second-order valence-electron chi connectivity index (χ2n) is 7.03. The molecule has 31 heavy (non-hydrogen) atoms. The van der Waals surface area contributed by atoms with Crippen LogP contribution >= 0.6 is 11.6 Å². The van der Waals surface area contributed by atoms with Gasteiger partial charge in [-0.15, -0.1) is 0 Å². The summed E-state index contributed by atoms with van der Waals surface area (Å²) in [4.78, 5) is 37.6. The number of aryl methyl sites for hydroxylation is 2. The summed E-state index contributed by atoms with van der Waals surface area (Å²) >= 11 is 5.97. The maximum Gasteiger partial charge on any atom is 0.289 e. The van der Waals surface area contributed by atoms with Gasteiger partial charge in [0.2, 0.25) is 11.5 Å². The van der Waals surface area contributed by atoms with Gasteiger partial charge in [-0.1, -0.05) is 11.6 Å². The van der Waals surface area contributed by atoms with E-state index in [9.17, 15) is 9.59 Å². The molecule has 3 N–H and O–H groups in total. The van der Waals surface area contributed by atoms with Crippen molar-refractivity contribution in [3.63, 3.8) is 0 Å². The Bertz CT molecular complexity index is 1310. The van der Waals surface area contributed by atoms with E-state index < -0.39 is 11.7 Å². The van der Waals surface area contributed by atoms with E-state index in [0.717, 1.165) is 16.8 Å². The van der Waals surface area contributed by atoms with E-state index in [1.165, 1.54) is 12.4 Å². The van der Waals surface area contributed by atoms with E-state index >= 15 is 0 Å². The first kappa shape index (κ1) is 20.5. The molecule has 9 heteroatoms. The molecule has 0 radical (unpaired) electrons. The number of hydrogen-bond donors (Lipinski definition) is 2. The first-order chi connectivity index (χ1) is 14.8. The van der Waals surface area contributed by atoms with Gasteiger partial charge in [0.15, 0.2) is 0 Å². The van der Waals surface area contributed by atoms with Crippen LogP contribution in [0.1, 0.15) is 43.6 Å². The zero-order valence-electron chi connectivity index (χ0n) is 16.8. The SMILES string of the molecule is Cc1cc(N)nc(C)c1CNC(=O)c1cnc(C(=O)c2ccc3ncc(Cl)cc3c2)o1. The lowest BCUT2D eigenvalue weighted by Crippen LogP contribution is -2.23. The molecule has 0 unspecified atom stereocenters. The fourth-order valence-electron chi connectivity index (χ4n) is 3.26. The minimum Gasteiger partial charge on any atom is -0.428 e. The van der Waals surface area contributed by atoms with Gasteiger partial charge >= 0.3 is 0 Å². The minimum absolute atomic E-state index is 0.0624. The third kappa shape index (κ3) is 4.24. The highest BCUT2D eigenvalue weighted by atomic mass is 35.5. The standard InChI is InChI=1S/C22H18ClN5O3/c1-11-5-19(24)28-12(2)16(11)9-26-21(30)18-10-27-22(31-18)20(29)13-3-4-17-14(6-13)7-15(23)8-25-17/h3-8,10H,9H2,1-2H3,(H2,24,28)(H,26,30). The van der Waals surface area contributed by atoms with E-state index in [2.05, 4.69) is 20.3 Å². The van der Waals surface area contributed by atoms with Crippen molar-refractivity contribution in [2.45, 2.75) is 20.4 Å². The number of nitrogens with two attached hydrogens (primary N) is 1. The summed E-state index contributed by atoms with van der Waals surface area (Å²) in [5.74, 6) is -0.754. The Morgan fingerprint density at radius 3 is 2.71 bits per heavy atom. The fourth-order valence-corrected chi connectivity index (χ4v) is 3.43. The van der Waals surface area contributed by atoms with Crippen LogP contribution in [0.3, 0.4) is 0 Å². The zero-order valence-corrected chi connectivity index (χ0v) is 17.5. The number of nitrogens with one attached hydrogen (secondary N) is 1. The molecule has 4 aromatic rings. The van der Waals surface area contributed by atoms with E-state index in [0.29, 0.717) is 27.3 Å². The molecule has 0 saturated heterocycles. The topological polar surface area (TPSA) is 124 Å².